The van der Waals surface area contributed by atoms with Gasteiger partial charge in [-0.05, 0) is 47.5 Å². The van der Waals surface area contributed by atoms with Crippen molar-refractivity contribution in [2.75, 3.05) is 0 Å². The third-order valence-corrected chi connectivity index (χ3v) is 5.47. The molecule has 0 amide bonds. The Morgan fingerprint density at radius 3 is 1.85 bits per heavy atom. The Morgan fingerprint density at radius 1 is 0.731 bits per heavy atom. The van der Waals surface area contributed by atoms with E-state index in [1.807, 2.05) is 60.7 Å². The fourth-order valence-corrected chi connectivity index (χ4v) is 3.62. The van der Waals surface area contributed by atoms with Gasteiger partial charge >= 0.3 is 0 Å². The molecule has 5 heteroatoms. The quantitative estimate of drug-likeness (QED) is 0.483. The molecule has 0 fully saturated rings. The zero-order chi connectivity index (χ0) is 18.1. The van der Waals surface area contributed by atoms with Crippen LogP contribution in [0.3, 0.4) is 0 Å². The van der Waals surface area contributed by atoms with Crippen LogP contribution in [-0.4, -0.2) is 5.84 Å². The molecule has 2 unspecified atom stereocenters. The van der Waals surface area contributed by atoms with Gasteiger partial charge in [0.2, 0.25) is 0 Å². The molecule has 26 heavy (non-hydrogen) atoms. The second-order valence-corrected chi connectivity index (χ2v) is 7.94. The molecule has 0 aromatic heterocycles. The molecule has 3 aromatic rings. The Kier molecular flexibility index (Phi) is 5.03. The highest BCUT2D eigenvalue weighted by Gasteiger charge is 2.31. The molecule has 1 heterocycles. The van der Waals surface area contributed by atoms with Gasteiger partial charge in [0, 0.05) is 20.1 Å². The summed E-state index contributed by atoms with van der Waals surface area (Å²) in [6, 6.07) is 23.9. The smallest absolute Gasteiger partial charge is 0.129 e. The van der Waals surface area contributed by atoms with Gasteiger partial charge in [0.05, 0.1) is 6.04 Å². The van der Waals surface area contributed by atoms with Crippen molar-refractivity contribution >= 4 is 45.0 Å². The molecule has 2 nitrogen and oxygen atoms in total. The van der Waals surface area contributed by atoms with Crippen molar-refractivity contribution in [3.63, 3.8) is 0 Å². The molecular weight excluding hydrogens is 431 g/mol. The van der Waals surface area contributed by atoms with Crippen molar-refractivity contribution in [1.82, 2.24) is 5.32 Å². The molecule has 3 aromatic carbocycles. The lowest BCUT2D eigenvalue weighted by atomic mass is 9.95. The maximum absolute atomic E-state index is 6.06. The summed E-state index contributed by atoms with van der Waals surface area (Å²) >= 11 is 15.6. The van der Waals surface area contributed by atoms with E-state index in [-0.39, 0.29) is 12.1 Å². The van der Waals surface area contributed by atoms with Crippen LogP contribution in [0.1, 0.15) is 28.8 Å². The van der Waals surface area contributed by atoms with Gasteiger partial charge in [0.15, 0.2) is 0 Å². The van der Waals surface area contributed by atoms with Crippen molar-refractivity contribution in [2.24, 2.45) is 4.99 Å². The van der Waals surface area contributed by atoms with E-state index in [0.29, 0.717) is 0 Å². The van der Waals surface area contributed by atoms with E-state index in [2.05, 4.69) is 33.4 Å². The molecule has 130 valence electrons. The van der Waals surface area contributed by atoms with E-state index >= 15 is 0 Å². The fourth-order valence-electron chi connectivity index (χ4n) is 3.11. The largest absolute Gasteiger partial charge is 0.361 e. The summed E-state index contributed by atoms with van der Waals surface area (Å²) in [5.74, 6) is 0.886. The van der Waals surface area contributed by atoms with Gasteiger partial charge in [-0.15, -0.1) is 0 Å². The number of nitrogens with zero attached hydrogens (tertiary/aromatic N) is 1. The van der Waals surface area contributed by atoms with Crippen LogP contribution in [-0.2, 0) is 0 Å². The van der Waals surface area contributed by atoms with Gasteiger partial charge < -0.3 is 5.32 Å². The molecule has 0 bridgehead atoms. The zero-order valence-corrected chi connectivity index (χ0v) is 16.8. The first kappa shape index (κ1) is 17.6. The molecule has 4 rings (SSSR count). The Morgan fingerprint density at radius 2 is 1.27 bits per heavy atom. The SMILES string of the molecule is Clc1ccc(C2N=C(c3ccc(Br)cc3)NC2c2ccc(Cl)cc2)cc1. The Hall–Kier alpha value is -1.81. The third-order valence-electron chi connectivity index (χ3n) is 4.43. The molecule has 2 atom stereocenters. The lowest BCUT2D eigenvalue weighted by molar-refractivity contribution is 0.572. The van der Waals surface area contributed by atoms with Crippen LogP contribution in [0, 0.1) is 0 Å². The van der Waals surface area contributed by atoms with Crippen LogP contribution in [0.25, 0.3) is 0 Å². The third kappa shape index (κ3) is 3.66. The van der Waals surface area contributed by atoms with Crippen LogP contribution >= 0.6 is 39.1 Å². The summed E-state index contributed by atoms with van der Waals surface area (Å²) in [5, 5.41) is 5.03. The first-order valence-electron chi connectivity index (χ1n) is 8.21. The minimum Gasteiger partial charge on any atom is -0.361 e. The highest BCUT2D eigenvalue weighted by Crippen LogP contribution is 2.37. The number of benzene rings is 3. The molecular formula is C21H15BrCl2N2. The van der Waals surface area contributed by atoms with Crippen molar-refractivity contribution in [1.29, 1.82) is 0 Å². The first-order valence-corrected chi connectivity index (χ1v) is 9.76. The van der Waals surface area contributed by atoms with Crippen molar-refractivity contribution < 1.29 is 0 Å². The topological polar surface area (TPSA) is 24.4 Å². The minimum absolute atomic E-state index is 0.0343. The average molecular weight is 446 g/mol. The second-order valence-electron chi connectivity index (χ2n) is 6.15. The maximum Gasteiger partial charge on any atom is 0.129 e. The highest BCUT2D eigenvalue weighted by atomic mass is 79.9. The van der Waals surface area contributed by atoms with Crippen LogP contribution in [0.5, 0.6) is 0 Å². The predicted octanol–water partition coefficient (Wildman–Crippen LogP) is 6.59. The van der Waals surface area contributed by atoms with Crippen LogP contribution in [0.15, 0.2) is 82.3 Å². The van der Waals surface area contributed by atoms with Crippen molar-refractivity contribution in [3.8, 4) is 0 Å². The first-order chi connectivity index (χ1) is 12.6. The number of nitrogens with one attached hydrogen (secondary N) is 1. The number of halogens is 3. The van der Waals surface area contributed by atoms with Crippen molar-refractivity contribution in [3.05, 3.63) is 104 Å². The monoisotopic (exact) mass is 444 g/mol. The molecule has 0 saturated carbocycles. The van der Waals surface area contributed by atoms with E-state index in [0.717, 1.165) is 37.0 Å². The summed E-state index contributed by atoms with van der Waals surface area (Å²) < 4.78 is 1.04. The second kappa shape index (κ2) is 7.43. The fraction of sp³-hybridized carbons (Fsp3) is 0.0952. The van der Waals surface area contributed by atoms with Gasteiger partial charge in [-0.2, -0.15) is 0 Å². The minimum atomic E-state index is -0.0351. The number of rotatable bonds is 3. The van der Waals surface area contributed by atoms with E-state index in [1.54, 1.807) is 0 Å². The summed E-state index contributed by atoms with van der Waals surface area (Å²) in [5.41, 5.74) is 3.32. The normalized spacial score (nSPS) is 19.1. The van der Waals surface area contributed by atoms with Gasteiger partial charge in [0.1, 0.15) is 11.9 Å². The maximum atomic E-state index is 6.06. The Labute approximate surface area is 171 Å². The molecule has 1 aliphatic rings. The Bertz CT molecular complexity index is 935. The zero-order valence-electron chi connectivity index (χ0n) is 13.7. The van der Waals surface area contributed by atoms with Gasteiger partial charge in [-0.25, -0.2) is 0 Å². The lowest BCUT2D eigenvalue weighted by Crippen LogP contribution is -2.25. The predicted molar refractivity (Wildman–Crippen MR) is 112 cm³/mol. The van der Waals surface area contributed by atoms with E-state index < -0.39 is 0 Å². The van der Waals surface area contributed by atoms with Crippen LogP contribution in [0.4, 0.5) is 0 Å². The summed E-state index contributed by atoms with van der Waals surface area (Å²) in [6.45, 7) is 0. The molecule has 0 aliphatic carbocycles. The number of hydrogen-bond donors (Lipinski definition) is 1. The van der Waals surface area contributed by atoms with Gasteiger partial charge in [0.25, 0.3) is 0 Å². The number of aliphatic imine (C=N–C) groups is 1. The van der Waals surface area contributed by atoms with E-state index in [9.17, 15) is 0 Å². The number of amidine groups is 1. The van der Waals surface area contributed by atoms with Crippen molar-refractivity contribution in [2.45, 2.75) is 12.1 Å². The van der Waals surface area contributed by atoms with Gasteiger partial charge in [-0.1, -0.05) is 75.5 Å². The average Bonchev–Trinajstić information content (AvgIpc) is 3.09. The molecule has 0 spiro atoms. The van der Waals surface area contributed by atoms with Crippen LogP contribution < -0.4 is 5.32 Å². The summed E-state index contributed by atoms with van der Waals surface area (Å²) in [7, 11) is 0. The summed E-state index contributed by atoms with van der Waals surface area (Å²) in [6.07, 6.45) is 0. The molecule has 0 radical (unpaired) electrons. The van der Waals surface area contributed by atoms with E-state index in [1.165, 1.54) is 0 Å². The number of hydrogen-bond acceptors (Lipinski definition) is 2. The van der Waals surface area contributed by atoms with E-state index in [4.69, 9.17) is 28.2 Å². The molecule has 0 saturated heterocycles. The highest BCUT2D eigenvalue weighted by molar-refractivity contribution is 9.10. The van der Waals surface area contributed by atoms with Crippen LogP contribution in [0.2, 0.25) is 10.0 Å². The molecule has 1 aliphatic heterocycles. The molecule has 1 N–H and O–H groups in total. The van der Waals surface area contributed by atoms with Gasteiger partial charge in [-0.3, -0.25) is 4.99 Å². The Balaban J connectivity index is 1.74. The standard InChI is InChI=1S/C21H15BrCl2N2/c22-16-7-1-15(2-8-16)21-25-19(13-3-9-17(23)10-4-13)20(26-21)14-5-11-18(24)12-6-14/h1-12,19-20H,(H,25,26). The summed E-state index contributed by atoms with van der Waals surface area (Å²) in [4.78, 5) is 4.98. The lowest BCUT2D eigenvalue weighted by Gasteiger charge is -2.20.